The molecule has 0 fully saturated rings. The average molecular weight is 304 g/mol. The number of rotatable bonds is 5. The third kappa shape index (κ3) is 4.44. The number of ether oxygens (including phenoxy) is 1. The molecule has 1 amide bonds. The molecule has 0 aliphatic carbocycles. The Balaban J connectivity index is 2.58. The van der Waals surface area contributed by atoms with E-state index >= 15 is 0 Å². The second-order valence-electron chi connectivity index (χ2n) is 3.89. The Morgan fingerprint density at radius 1 is 1.59 bits per heavy atom. The van der Waals surface area contributed by atoms with Gasteiger partial charge >= 0.3 is 0 Å². The first-order valence-electron chi connectivity index (χ1n) is 5.26. The van der Waals surface area contributed by atoms with E-state index in [0.717, 1.165) is 0 Å². The van der Waals surface area contributed by atoms with Gasteiger partial charge in [0.25, 0.3) is 5.91 Å². The van der Waals surface area contributed by atoms with Crippen molar-refractivity contribution >= 4 is 21.8 Å². The van der Waals surface area contributed by atoms with Gasteiger partial charge in [0, 0.05) is 18.1 Å². The molecule has 1 N–H and O–H groups in total. The molecular formula is C12H15BrFNO2. The van der Waals surface area contributed by atoms with Gasteiger partial charge in [-0.1, -0.05) is 22.9 Å². The van der Waals surface area contributed by atoms with Crippen LogP contribution in [-0.2, 0) is 4.74 Å². The number of benzene rings is 1. The number of hydrogen-bond acceptors (Lipinski definition) is 2. The molecule has 3 nitrogen and oxygen atoms in total. The Hall–Kier alpha value is -0.940. The van der Waals surface area contributed by atoms with Crippen LogP contribution in [0.4, 0.5) is 4.39 Å². The highest BCUT2D eigenvalue weighted by Crippen LogP contribution is 2.15. The summed E-state index contributed by atoms with van der Waals surface area (Å²) in [6.45, 7) is 2.97. The molecule has 17 heavy (non-hydrogen) atoms. The quantitative estimate of drug-likeness (QED) is 0.908. The highest BCUT2D eigenvalue weighted by molar-refractivity contribution is 9.10. The highest BCUT2D eigenvalue weighted by Gasteiger charge is 2.12. The molecule has 0 saturated heterocycles. The maximum Gasteiger partial charge on any atom is 0.254 e. The zero-order valence-electron chi connectivity index (χ0n) is 9.80. The fraction of sp³-hybridized carbons (Fsp3) is 0.417. The summed E-state index contributed by atoms with van der Waals surface area (Å²) < 4.78 is 19.0. The van der Waals surface area contributed by atoms with Crippen molar-refractivity contribution in [3.05, 3.63) is 34.1 Å². The molecule has 1 aromatic carbocycles. The van der Waals surface area contributed by atoms with E-state index in [-0.39, 0.29) is 11.5 Å². The zero-order valence-corrected chi connectivity index (χ0v) is 11.4. The Morgan fingerprint density at radius 2 is 2.29 bits per heavy atom. The van der Waals surface area contributed by atoms with Gasteiger partial charge in [-0.05, 0) is 24.1 Å². The molecule has 1 aromatic rings. The summed E-state index contributed by atoms with van der Waals surface area (Å²) in [6.07, 6.45) is 0. The van der Waals surface area contributed by atoms with Crippen molar-refractivity contribution in [1.29, 1.82) is 0 Å². The van der Waals surface area contributed by atoms with Crippen molar-refractivity contribution in [3.8, 4) is 0 Å². The van der Waals surface area contributed by atoms with E-state index in [2.05, 4.69) is 21.2 Å². The van der Waals surface area contributed by atoms with Gasteiger partial charge < -0.3 is 10.1 Å². The minimum absolute atomic E-state index is 0.0535. The van der Waals surface area contributed by atoms with Crippen LogP contribution in [0.1, 0.15) is 17.3 Å². The van der Waals surface area contributed by atoms with Crippen molar-refractivity contribution in [1.82, 2.24) is 5.32 Å². The first-order chi connectivity index (χ1) is 8.04. The third-order valence-corrected chi connectivity index (χ3v) is 2.73. The average Bonchev–Trinajstić information content (AvgIpc) is 2.26. The number of amides is 1. The Kier molecular flexibility index (Phi) is 5.58. The van der Waals surface area contributed by atoms with Crippen LogP contribution >= 0.6 is 15.9 Å². The van der Waals surface area contributed by atoms with E-state index in [1.807, 2.05) is 6.92 Å². The van der Waals surface area contributed by atoms with Crippen LogP contribution in [0, 0.1) is 11.7 Å². The summed E-state index contributed by atoms with van der Waals surface area (Å²) in [6, 6.07) is 4.36. The van der Waals surface area contributed by atoms with Gasteiger partial charge in [0.05, 0.1) is 12.2 Å². The minimum atomic E-state index is -0.531. The number of methoxy groups -OCH3 is 1. The van der Waals surface area contributed by atoms with Crippen molar-refractivity contribution in [3.63, 3.8) is 0 Å². The fourth-order valence-corrected chi connectivity index (χ4v) is 1.71. The molecule has 1 atom stereocenters. The molecule has 0 aliphatic rings. The van der Waals surface area contributed by atoms with Gasteiger partial charge in [-0.25, -0.2) is 4.39 Å². The molecule has 1 unspecified atom stereocenters. The van der Waals surface area contributed by atoms with Crippen LogP contribution in [0.25, 0.3) is 0 Å². The van der Waals surface area contributed by atoms with Crippen LogP contribution in [0.2, 0.25) is 0 Å². The molecule has 0 saturated carbocycles. The monoisotopic (exact) mass is 303 g/mol. The normalized spacial score (nSPS) is 12.2. The smallest absolute Gasteiger partial charge is 0.254 e. The third-order valence-electron chi connectivity index (χ3n) is 2.24. The number of carbonyl (C=O) groups is 1. The van der Waals surface area contributed by atoms with Crippen molar-refractivity contribution < 1.29 is 13.9 Å². The second kappa shape index (κ2) is 6.71. The molecule has 0 aliphatic heterocycles. The summed E-state index contributed by atoms with van der Waals surface area (Å²) in [5.41, 5.74) is 0.0535. The highest BCUT2D eigenvalue weighted by atomic mass is 79.9. The number of nitrogens with one attached hydrogen (secondary N) is 1. The summed E-state index contributed by atoms with van der Waals surface area (Å²) in [5, 5.41) is 2.67. The first-order valence-corrected chi connectivity index (χ1v) is 6.06. The summed E-state index contributed by atoms with van der Waals surface area (Å²) in [4.78, 5) is 11.7. The maximum atomic E-state index is 13.5. The second-order valence-corrected chi connectivity index (χ2v) is 4.81. The molecule has 0 heterocycles. The molecule has 0 radical (unpaired) electrons. The molecule has 0 spiro atoms. The predicted octanol–water partition coefficient (Wildman–Crippen LogP) is 2.60. The predicted molar refractivity (Wildman–Crippen MR) is 67.5 cm³/mol. The number of halogens is 2. The molecule has 94 valence electrons. The molecule has 0 bridgehead atoms. The summed E-state index contributed by atoms with van der Waals surface area (Å²) in [5.74, 6) is -0.739. The van der Waals surface area contributed by atoms with E-state index in [1.165, 1.54) is 12.1 Å². The summed E-state index contributed by atoms with van der Waals surface area (Å²) >= 11 is 3.14. The lowest BCUT2D eigenvalue weighted by molar-refractivity contribution is 0.0930. The largest absolute Gasteiger partial charge is 0.384 e. The van der Waals surface area contributed by atoms with Crippen molar-refractivity contribution in [2.45, 2.75) is 6.92 Å². The van der Waals surface area contributed by atoms with Gasteiger partial charge in [-0.2, -0.15) is 0 Å². The van der Waals surface area contributed by atoms with Gasteiger partial charge in [0.2, 0.25) is 0 Å². The van der Waals surface area contributed by atoms with Gasteiger partial charge in [-0.15, -0.1) is 0 Å². The Bertz CT molecular complexity index is 398. The number of hydrogen-bond donors (Lipinski definition) is 1. The number of carbonyl (C=O) groups excluding carboxylic acids is 1. The molecule has 1 rings (SSSR count). The van der Waals surface area contributed by atoms with Crippen molar-refractivity contribution in [2.24, 2.45) is 5.92 Å². The van der Waals surface area contributed by atoms with Gasteiger partial charge in [0.1, 0.15) is 5.82 Å². The van der Waals surface area contributed by atoms with E-state index in [1.54, 1.807) is 13.2 Å². The lowest BCUT2D eigenvalue weighted by Crippen LogP contribution is -2.30. The standard InChI is InChI=1S/C12H15BrFNO2/c1-8(7-17-2)6-15-12(16)10-4-3-9(13)5-11(10)14/h3-5,8H,6-7H2,1-2H3,(H,15,16). The lowest BCUT2D eigenvalue weighted by Gasteiger charge is -2.11. The maximum absolute atomic E-state index is 13.5. The SMILES string of the molecule is COCC(C)CNC(=O)c1ccc(Br)cc1F. The molecule has 5 heteroatoms. The Labute approximate surface area is 108 Å². The Morgan fingerprint density at radius 3 is 2.88 bits per heavy atom. The van der Waals surface area contributed by atoms with Gasteiger partial charge in [0.15, 0.2) is 0 Å². The van der Waals surface area contributed by atoms with E-state index in [0.29, 0.717) is 17.6 Å². The fourth-order valence-electron chi connectivity index (χ4n) is 1.38. The molecule has 0 aromatic heterocycles. The van der Waals surface area contributed by atoms with Crippen LogP contribution in [-0.4, -0.2) is 26.2 Å². The van der Waals surface area contributed by atoms with E-state index < -0.39 is 11.7 Å². The van der Waals surface area contributed by atoms with E-state index in [4.69, 9.17) is 4.74 Å². The first kappa shape index (κ1) is 14.1. The van der Waals surface area contributed by atoms with Crippen LogP contribution in [0.15, 0.2) is 22.7 Å². The molecular weight excluding hydrogens is 289 g/mol. The van der Waals surface area contributed by atoms with E-state index in [9.17, 15) is 9.18 Å². The lowest BCUT2D eigenvalue weighted by atomic mass is 10.1. The van der Waals surface area contributed by atoms with Crippen LogP contribution in [0.5, 0.6) is 0 Å². The summed E-state index contributed by atoms with van der Waals surface area (Å²) in [7, 11) is 1.60. The topological polar surface area (TPSA) is 38.3 Å². The van der Waals surface area contributed by atoms with Gasteiger partial charge in [-0.3, -0.25) is 4.79 Å². The van der Waals surface area contributed by atoms with Crippen molar-refractivity contribution in [2.75, 3.05) is 20.3 Å². The van der Waals surface area contributed by atoms with Crippen LogP contribution in [0.3, 0.4) is 0 Å². The van der Waals surface area contributed by atoms with Crippen LogP contribution < -0.4 is 5.32 Å². The minimum Gasteiger partial charge on any atom is -0.384 e. The zero-order chi connectivity index (χ0) is 12.8.